The molecule has 2 rings (SSSR count). The van der Waals surface area contributed by atoms with Crippen molar-refractivity contribution in [1.29, 1.82) is 0 Å². The van der Waals surface area contributed by atoms with E-state index in [0.29, 0.717) is 5.56 Å². The van der Waals surface area contributed by atoms with Gasteiger partial charge in [-0.25, -0.2) is 4.79 Å². The van der Waals surface area contributed by atoms with E-state index in [0.717, 1.165) is 19.3 Å². The Morgan fingerprint density at radius 1 is 1.50 bits per heavy atom. The van der Waals surface area contributed by atoms with Crippen molar-refractivity contribution in [2.75, 3.05) is 0 Å². The Balaban J connectivity index is 2.32. The fourth-order valence-corrected chi connectivity index (χ4v) is 1.99. The first kappa shape index (κ1) is 11.1. The molecule has 1 aromatic heterocycles. The molecule has 2 atom stereocenters. The average Bonchev–Trinajstić information content (AvgIpc) is 2.71. The Labute approximate surface area is 93.1 Å². The second-order valence-electron chi connectivity index (χ2n) is 4.18. The quantitative estimate of drug-likeness (QED) is 0.812. The zero-order chi connectivity index (χ0) is 11.7. The first-order valence-electron chi connectivity index (χ1n) is 5.59. The SMILES string of the molecule is CC[C@@H]1CC[C@H](n2cc(C)c(=O)[nH]c2=O)O1. The number of aromatic nitrogens is 2. The molecule has 0 amide bonds. The molecular formula is C11H16N2O3. The first-order valence-corrected chi connectivity index (χ1v) is 5.59. The number of aryl methyl sites for hydroxylation is 1. The molecule has 0 unspecified atom stereocenters. The van der Waals surface area contributed by atoms with Crippen LogP contribution in [-0.4, -0.2) is 15.7 Å². The number of hydrogen-bond donors (Lipinski definition) is 1. The topological polar surface area (TPSA) is 64.1 Å². The van der Waals surface area contributed by atoms with E-state index in [1.807, 2.05) is 0 Å². The van der Waals surface area contributed by atoms with Gasteiger partial charge in [-0.05, 0) is 26.2 Å². The van der Waals surface area contributed by atoms with Crippen LogP contribution in [0.2, 0.25) is 0 Å². The van der Waals surface area contributed by atoms with Gasteiger partial charge in [0.25, 0.3) is 5.56 Å². The van der Waals surface area contributed by atoms with Crippen LogP contribution in [0.1, 0.15) is 38.0 Å². The van der Waals surface area contributed by atoms with Gasteiger partial charge in [0.15, 0.2) is 0 Å². The van der Waals surface area contributed by atoms with Crippen LogP contribution < -0.4 is 11.2 Å². The van der Waals surface area contributed by atoms with E-state index in [-0.39, 0.29) is 17.9 Å². The molecule has 2 heterocycles. The Morgan fingerprint density at radius 2 is 2.25 bits per heavy atom. The number of ether oxygens (including phenoxy) is 1. The minimum absolute atomic E-state index is 0.226. The normalized spacial score (nSPS) is 24.9. The summed E-state index contributed by atoms with van der Waals surface area (Å²) in [5.41, 5.74) is -0.188. The number of hydrogen-bond acceptors (Lipinski definition) is 3. The highest BCUT2D eigenvalue weighted by atomic mass is 16.5. The number of aromatic amines is 1. The van der Waals surface area contributed by atoms with Gasteiger partial charge in [-0.15, -0.1) is 0 Å². The highest BCUT2D eigenvalue weighted by Gasteiger charge is 2.26. The third kappa shape index (κ3) is 1.95. The molecule has 88 valence electrons. The number of H-pyrrole nitrogens is 1. The van der Waals surface area contributed by atoms with Crippen LogP contribution in [0, 0.1) is 6.92 Å². The van der Waals surface area contributed by atoms with Gasteiger partial charge < -0.3 is 4.74 Å². The summed E-state index contributed by atoms with van der Waals surface area (Å²) in [6.07, 6.45) is 4.31. The zero-order valence-corrected chi connectivity index (χ0v) is 9.53. The third-order valence-corrected chi connectivity index (χ3v) is 3.00. The molecule has 1 N–H and O–H groups in total. The lowest BCUT2D eigenvalue weighted by atomic mass is 10.2. The van der Waals surface area contributed by atoms with Crippen LogP contribution in [0.5, 0.6) is 0 Å². The summed E-state index contributed by atoms with van der Waals surface area (Å²) >= 11 is 0. The van der Waals surface area contributed by atoms with Gasteiger partial charge in [0.05, 0.1) is 6.10 Å². The Morgan fingerprint density at radius 3 is 2.88 bits per heavy atom. The molecule has 1 aliphatic rings. The summed E-state index contributed by atoms with van der Waals surface area (Å²) < 4.78 is 7.19. The van der Waals surface area contributed by atoms with Crippen molar-refractivity contribution in [2.24, 2.45) is 0 Å². The predicted molar refractivity (Wildman–Crippen MR) is 59.5 cm³/mol. The highest BCUT2D eigenvalue weighted by Crippen LogP contribution is 2.28. The Hall–Kier alpha value is -1.36. The van der Waals surface area contributed by atoms with E-state index in [9.17, 15) is 9.59 Å². The van der Waals surface area contributed by atoms with Gasteiger partial charge in [0.1, 0.15) is 6.23 Å². The maximum atomic E-state index is 11.6. The number of rotatable bonds is 2. The van der Waals surface area contributed by atoms with Crippen LogP contribution in [-0.2, 0) is 4.74 Å². The molecule has 0 aromatic carbocycles. The van der Waals surface area contributed by atoms with Crippen molar-refractivity contribution >= 4 is 0 Å². The Kier molecular flexibility index (Phi) is 2.96. The maximum Gasteiger partial charge on any atom is 0.330 e. The predicted octanol–water partition coefficient (Wildman–Crippen LogP) is 0.933. The van der Waals surface area contributed by atoms with Gasteiger partial charge in [-0.3, -0.25) is 14.3 Å². The lowest BCUT2D eigenvalue weighted by Gasteiger charge is -2.15. The molecule has 1 aromatic rings. The monoisotopic (exact) mass is 224 g/mol. The van der Waals surface area contributed by atoms with E-state index in [2.05, 4.69) is 11.9 Å². The molecule has 1 fully saturated rings. The molecule has 0 radical (unpaired) electrons. The highest BCUT2D eigenvalue weighted by molar-refractivity contribution is 5.01. The number of nitrogens with one attached hydrogen (secondary N) is 1. The molecule has 0 spiro atoms. The van der Waals surface area contributed by atoms with E-state index in [1.165, 1.54) is 4.57 Å². The van der Waals surface area contributed by atoms with E-state index in [1.54, 1.807) is 13.1 Å². The first-order chi connectivity index (χ1) is 7.61. The summed E-state index contributed by atoms with van der Waals surface area (Å²) in [7, 11) is 0. The fraction of sp³-hybridized carbons (Fsp3) is 0.636. The van der Waals surface area contributed by atoms with Crippen molar-refractivity contribution < 1.29 is 4.74 Å². The summed E-state index contributed by atoms with van der Waals surface area (Å²) in [5.74, 6) is 0. The van der Waals surface area contributed by atoms with Gasteiger partial charge in [0, 0.05) is 11.8 Å². The van der Waals surface area contributed by atoms with Crippen molar-refractivity contribution in [3.63, 3.8) is 0 Å². The molecular weight excluding hydrogens is 208 g/mol. The Bertz CT molecular complexity index is 489. The summed E-state index contributed by atoms with van der Waals surface area (Å²) in [5, 5.41) is 0. The second-order valence-corrected chi connectivity index (χ2v) is 4.18. The van der Waals surface area contributed by atoms with Gasteiger partial charge in [0.2, 0.25) is 0 Å². The van der Waals surface area contributed by atoms with Crippen molar-refractivity contribution in [3.05, 3.63) is 32.6 Å². The van der Waals surface area contributed by atoms with E-state index in [4.69, 9.17) is 4.74 Å². The van der Waals surface area contributed by atoms with Gasteiger partial charge in [-0.2, -0.15) is 0 Å². The van der Waals surface area contributed by atoms with E-state index < -0.39 is 5.69 Å². The van der Waals surface area contributed by atoms with Gasteiger partial charge in [-0.1, -0.05) is 6.92 Å². The number of nitrogens with zero attached hydrogens (tertiary/aromatic N) is 1. The molecule has 5 nitrogen and oxygen atoms in total. The maximum absolute atomic E-state index is 11.6. The van der Waals surface area contributed by atoms with Crippen LogP contribution in [0.4, 0.5) is 0 Å². The summed E-state index contributed by atoms with van der Waals surface area (Å²) in [4.78, 5) is 25.1. The minimum atomic E-state index is -0.391. The van der Waals surface area contributed by atoms with Crippen LogP contribution >= 0.6 is 0 Å². The summed E-state index contributed by atoms with van der Waals surface area (Å²) in [6, 6.07) is 0. The summed E-state index contributed by atoms with van der Waals surface area (Å²) in [6.45, 7) is 3.75. The van der Waals surface area contributed by atoms with Crippen molar-refractivity contribution in [3.8, 4) is 0 Å². The second kappa shape index (κ2) is 4.25. The van der Waals surface area contributed by atoms with Gasteiger partial charge >= 0.3 is 5.69 Å². The fourth-order valence-electron chi connectivity index (χ4n) is 1.99. The smallest absolute Gasteiger partial charge is 0.330 e. The molecule has 16 heavy (non-hydrogen) atoms. The molecule has 0 aliphatic carbocycles. The van der Waals surface area contributed by atoms with Crippen LogP contribution in [0.15, 0.2) is 15.8 Å². The van der Waals surface area contributed by atoms with Crippen molar-refractivity contribution in [1.82, 2.24) is 9.55 Å². The zero-order valence-electron chi connectivity index (χ0n) is 9.53. The molecule has 0 bridgehead atoms. The third-order valence-electron chi connectivity index (χ3n) is 3.00. The minimum Gasteiger partial charge on any atom is -0.355 e. The van der Waals surface area contributed by atoms with Crippen LogP contribution in [0.3, 0.4) is 0 Å². The molecule has 1 saturated heterocycles. The van der Waals surface area contributed by atoms with Crippen LogP contribution in [0.25, 0.3) is 0 Å². The lowest BCUT2D eigenvalue weighted by Crippen LogP contribution is -2.33. The molecule has 5 heteroatoms. The molecule has 1 aliphatic heterocycles. The standard InChI is InChI=1S/C11H16N2O3/c1-3-8-4-5-9(16-8)13-6-7(2)10(14)12-11(13)15/h6,8-9H,3-5H2,1-2H3,(H,12,14,15)/t8-,9-/m1/s1. The van der Waals surface area contributed by atoms with Crippen molar-refractivity contribution in [2.45, 2.75) is 45.4 Å². The average molecular weight is 224 g/mol. The lowest BCUT2D eigenvalue weighted by molar-refractivity contribution is -0.00211. The van der Waals surface area contributed by atoms with E-state index >= 15 is 0 Å². The molecule has 0 saturated carbocycles. The largest absolute Gasteiger partial charge is 0.355 e.